The van der Waals surface area contributed by atoms with Gasteiger partial charge < -0.3 is 15.1 Å². The Hall–Kier alpha value is -2.02. The molecule has 2 aliphatic rings. The van der Waals surface area contributed by atoms with Crippen LogP contribution in [-0.4, -0.2) is 58.8 Å². The SMILES string of the molecule is O=C(CN1CCSC1=O)NCc1ccc(C(=O)N2CCCCC2)cc1. The van der Waals surface area contributed by atoms with Gasteiger partial charge in [0.05, 0.1) is 0 Å². The van der Waals surface area contributed by atoms with Crippen LogP contribution in [0.3, 0.4) is 0 Å². The van der Waals surface area contributed by atoms with Crippen molar-refractivity contribution in [3.63, 3.8) is 0 Å². The van der Waals surface area contributed by atoms with E-state index in [0.717, 1.165) is 37.2 Å². The van der Waals surface area contributed by atoms with E-state index in [4.69, 9.17) is 0 Å². The minimum absolute atomic E-state index is 0.0317. The minimum Gasteiger partial charge on any atom is -0.350 e. The molecule has 2 aliphatic heterocycles. The molecule has 2 saturated heterocycles. The highest BCUT2D eigenvalue weighted by molar-refractivity contribution is 8.13. The standard InChI is InChI=1S/C18H23N3O3S/c22-16(13-21-10-11-25-18(21)24)19-12-14-4-6-15(7-5-14)17(23)20-8-2-1-3-9-20/h4-7H,1-3,8-13H2,(H,19,22). The molecule has 3 amide bonds. The second-order valence-corrected chi connectivity index (χ2v) is 7.41. The molecule has 2 fully saturated rings. The number of nitrogens with one attached hydrogen (secondary N) is 1. The topological polar surface area (TPSA) is 69.7 Å². The predicted molar refractivity (Wildman–Crippen MR) is 97.5 cm³/mol. The second-order valence-electron chi connectivity index (χ2n) is 6.36. The highest BCUT2D eigenvalue weighted by atomic mass is 32.2. The molecule has 7 heteroatoms. The van der Waals surface area contributed by atoms with Gasteiger partial charge in [-0.05, 0) is 37.0 Å². The number of hydrogen-bond donors (Lipinski definition) is 1. The lowest BCUT2D eigenvalue weighted by Gasteiger charge is -2.26. The Labute approximate surface area is 151 Å². The summed E-state index contributed by atoms with van der Waals surface area (Å²) in [6.45, 7) is 2.81. The van der Waals surface area contributed by atoms with Crippen LogP contribution in [0.4, 0.5) is 4.79 Å². The van der Waals surface area contributed by atoms with Crippen molar-refractivity contribution in [1.82, 2.24) is 15.1 Å². The maximum Gasteiger partial charge on any atom is 0.282 e. The molecule has 0 bridgehead atoms. The molecule has 3 rings (SSSR count). The molecule has 0 aromatic heterocycles. The van der Waals surface area contributed by atoms with Gasteiger partial charge in [-0.25, -0.2) is 0 Å². The highest BCUT2D eigenvalue weighted by Crippen LogP contribution is 2.16. The molecular formula is C18H23N3O3S. The van der Waals surface area contributed by atoms with E-state index in [1.807, 2.05) is 29.2 Å². The monoisotopic (exact) mass is 361 g/mol. The smallest absolute Gasteiger partial charge is 0.282 e. The van der Waals surface area contributed by atoms with E-state index >= 15 is 0 Å². The summed E-state index contributed by atoms with van der Waals surface area (Å²) in [6, 6.07) is 7.38. The number of likely N-dealkylation sites (tertiary alicyclic amines) is 1. The zero-order valence-corrected chi connectivity index (χ0v) is 15.0. The molecule has 1 N–H and O–H groups in total. The van der Waals surface area contributed by atoms with Crippen molar-refractivity contribution in [2.24, 2.45) is 0 Å². The van der Waals surface area contributed by atoms with Crippen molar-refractivity contribution in [3.8, 4) is 0 Å². The van der Waals surface area contributed by atoms with Crippen molar-refractivity contribution >= 4 is 28.8 Å². The first kappa shape index (κ1) is 17.8. The average Bonchev–Trinajstić information content (AvgIpc) is 3.05. The average molecular weight is 361 g/mol. The molecule has 134 valence electrons. The summed E-state index contributed by atoms with van der Waals surface area (Å²) in [6.07, 6.45) is 3.35. The van der Waals surface area contributed by atoms with E-state index in [-0.39, 0.29) is 23.6 Å². The maximum atomic E-state index is 12.4. The number of hydrogen-bond acceptors (Lipinski definition) is 4. The quantitative estimate of drug-likeness (QED) is 0.872. The fourth-order valence-electron chi connectivity index (χ4n) is 3.04. The van der Waals surface area contributed by atoms with Gasteiger partial charge in [0.15, 0.2) is 0 Å². The van der Waals surface area contributed by atoms with Gasteiger partial charge in [0.1, 0.15) is 6.54 Å². The van der Waals surface area contributed by atoms with Crippen molar-refractivity contribution in [1.29, 1.82) is 0 Å². The van der Waals surface area contributed by atoms with Crippen molar-refractivity contribution in [2.45, 2.75) is 25.8 Å². The van der Waals surface area contributed by atoms with Crippen LogP contribution in [0.5, 0.6) is 0 Å². The van der Waals surface area contributed by atoms with E-state index in [1.165, 1.54) is 18.2 Å². The van der Waals surface area contributed by atoms with Gasteiger partial charge in [0.25, 0.3) is 11.1 Å². The highest BCUT2D eigenvalue weighted by Gasteiger charge is 2.23. The summed E-state index contributed by atoms with van der Waals surface area (Å²) < 4.78 is 0. The molecular weight excluding hydrogens is 338 g/mol. The summed E-state index contributed by atoms with van der Waals surface area (Å²) in [5.41, 5.74) is 1.63. The Morgan fingerprint density at radius 1 is 1.04 bits per heavy atom. The number of benzene rings is 1. The number of carbonyl (C=O) groups excluding carboxylic acids is 3. The third-order valence-corrected chi connectivity index (χ3v) is 5.41. The van der Waals surface area contributed by atoms with Gasteiger partial charge >= 0.3 is 0 Å². The van der Waals surface area contributed by atoms with E-state index in [9.17, 15) is 14.4 Å². The molecule has 0 spiro atoms. The van der Waals surface area contributed by atoms with Crippen molar-refractivity contribution in [2.75, 3.05) is 31.9 Å². The van der Waals surface area contributed by atoms with E-state index in [1.54, 1.807) is 4.90 Å². The molecule has 0 radical (unpaired) electrons. The fraction of sp³-hybridized carbons (Fsp3) is 0.500. The zero-order valence-electron chi connectivity index (χ0n) is 14.2. The number of rotatable bonds is 5. The molecule has 6 nitrogen and oxygen atoms in total. The number of nitrogens with zero attached hydrogens (tertiary/aromatic N) is 2. The number of carbonyl (C=O) groups is 3. The van der Waals surface area contributed by atoms with E-state index in [0.29, 0.717) is 18.7 Å². The van der Waals surface area contributed by atoms with Crippen LogP contribution in [0, 0.1) is 0 Å². The lowest BCUT2D eigenvalue weighted by atomic mass is 10.1. The van der Waals surface area contributed by atoms with Crippen LogP contribution >= 0.6 is 11.8 Å². The van der Waals surface area contributed by atoms with Gasteiger partial charge in [0.2, 0.25) is 5.91 Å². The van der Waals surface area contributed by atoms with E-state index < -0.39 is 0 Å². The lowest BCUT2D eigenvalue weighted by molar-refractivity contribution is -0.121. The Kier molecular flexibility index (Phi) is 5.96. The Bertz CT molecular complexity index is 641. The normalized spacial score (nSPS) is 17.7. The summed E-state index contributed by atoms with van der Waals surface area (Å²) in [5, 5.41) is 2.79. The van der Waals surface area contributed by atoms with Crippen LogP contribution < -0.4 is 5.32 Å². The molecule has 2 heterocycles. The molecule has 0 aliphatic carbocycles. The maximum absolute atomic E-state index is 12.4. The molecule has 25 heavy (non-hydrogen) atoms. The van der Waals surface area contributed by atoms with Crippen molar-refractivity contribution in [3.05, 3.63) is 35.4 Å². The first-order chi connectivity index (χ1) is 12.1. The number of thioether (sulfide) groups is 1. The molecule has 1 aromatic carbocycles. The third kappa shape index (κ3) is 4.75. The molecule has 0 saturated carbocycles. The molecule has 0 atom stereocenters. The summed E-state index contributed by atoms with van der Waals surface area (Å²) >= 11 is 1.25. The van der Waals surface area contributed by atoms with Gasteiger partial charge in [-0.15, -0.1) is 0 Å². The van der Waals surface area contributed by atoms with E-state index in [2.05, 4.69) is 5.32 Å². The van der Waals surface area contributed by atoms with Crippen LogP contribution in [0.2, 0.25) is 0 Å². The first-order valence-corrected chi connectivity index (χ1v) is 9.68. The zero-order chi connectivity index (χ0) is 17.6. The predicted octanol–water partition coefficient (Wildman–Crippen LogP) is 2.10. The Morgan fingerprint density at radius 2 is 1.76 bits per heavy atom. The van der Waals surface area contributed by atoms with Crippen LogP contribution in [-0.2, 0) is 11.3 Å². The summed E-state index contributed by atoms with van der Waals surface area (Å²) in [7, 11) is 0. The van der Waals surface area contributed by atoms with Crippen LogP contribution in [0.15, 0.2) is 24.3 Å². The van der Waals surface area contributed by atoms with Crippen molar-refractivity contribution < 1.29 is 14.4 Å². The lowest BCUT2D eigenvalue weighted by Crippen LogP contribution is -2.37. The first-order valence-electron chi connectivity index (χ1n) is 8.70. The molecule has 1 aromatic rings. The Morgan fingerprint density at radius 3 is 2.40 bits per heavy atom. The fourth-order valence-corrected chi connectivity index (χ4v) is 3.87. The largest absolute Gasteiger partial charge is 0.350 e. The Balaban J connectivity index is 1.48. The third-order valence-electron chi connectivity index (χ3n) is 4.51. The summed E-state index contributed by atoms with van der Waals surface area (Å²) in [5.74, 6) is 0.670. The van der Waals surface area contributed by atoms with Gasteiger partial charge in [-0.2, -0.15) is 0 Å². The van der Waals surface area contributed by atoms with Gasteiger partial charge in [-0.3, -0.25) is 14.4 Å². The number of piperidine rings is 1. The van der Waals surface area contributed by atoms with Crippen LogP contribution in [0.25, 0.3) is 0 Å². The summed E-state index contributed by atoms with van der Waals surface area (Å²) in [4.78, 5) is 39.3. The number of amides is 3. The minimum atomic E-state index is -0.163. The van der Waals surface area contributed by atoms with Gasteiger partial charge in [0, 0.05) is 37.5 Å². The second kappa shape index (κ2) is 8.38. The molecule has 0 unspecified atom stereocenters. The van der Waals surface area contributed by atoms with Crippen LogP contribution in [0.1, 0.15) is 35.2 Å². The van der Waals surface area contributed by atoms with Gasteiger partial charge in [-0.1, -0.05) is 23.9 Å².